The van der Waals surface area contributed by atoms with E-state index in [-0.39, 0.29) is 51.9 Å². The summed E-state index contributed by atoms with van der Waals surface area (Å²) < 4.78 is 6.52. The van der Waals surface area contributed by atoms with Gasteiger partial charge in [-0.05, 0) is 25.1 Å². The third-order valence-corrected chi connectivity index (χ3v) is 2.91. The number of nitrogens with zero attached hydrogens (tertiary/aromatic N) is 3. The Labute approximate surface area is 142 Å². The van der Waals surface area contributed by atoms with E-state index in [1.807, 2.05) is 0 Å². The van der Waals surface area contributed by atoms with Gasteiger partial charge in [0.15, 0.2) is 11.5 Å². The lowest BCUT2D eigenvalue weighted by molar-refractivity contribution is -0.385. The lowest BCUT2D eigenvalue weighted by atomic mass is 10.1. The molecule has 1 heterocycles. The fraction of sp³-hybridized carbons (Fsp3) is 0.214. The number of ketones is 1. The van der Waals surface area contributed by atoms with Gasteiger partial charge >= 0.3 is 5.69 Å². The maximum atomic E-state index is 12.2. The van der Waals surface area contributed by atoms with Crippen LogP contribution in [0.1, 0.15) is 17.3 Å². The number of nitro benzene ring substituents is 1. The molecule has 0 saturated carbocycles. The van der Waals surface area contributed by atoms with Gasteiger partial charge in [0, 0.05) is 24.0 Å². The summed E-state index contributed by atoms with van der Waals surface area (Å²) in [4.78, 5) is 26.4. The van der Waals surface area contributed by atoms with Crippen LogP contribution in [0.3, 0.4) is 0 Å². The van der Waals surface area contributed by atoms with Crippen molar-refractivity contribution in [2.45, 2.75) is 13.5 Å². The van der Waals surface area contributed by atoms with Gasteiger partial charge in [0.1, 0.15) is 0 Å². The molecule has 0 unspecified atom stereocenters. The quantitative estimate of drug-likeness (QED) is 0.467. The maximum absolute atomic E-state index is 12.2. The Bertz CT molecular complexity index is 775. The minimum atomic E-state index is -0.588. The van der Waals surface area contributed by atoms with Crippen molar-refractivity contribution in [1.82, 2.24) is 9.55 Å². The van der Waals surface area contributed by atoms with Gasteiger partial charge in [0.25, 0.3) is 0 Å². The summed E-state index contributed by atoms with van der Waals surface area (Å²) in [5.74, 6) is -0.225. The van der Waals surface area contributed by atoms with Gasteiger partial charge in [-0.2, -0.15) is 0 Å². The molecule has 122 valence electrons. The first-order valence-electron chi connectivity index (χ1n) is 6.53. The first kappa shape index (κ1) is 18.5. The zero-order chi connectivity index (χ0) is 16.1. The number of halogens is 1. The van der Waals surface area contributed by atoms with Crippen LogP contribution in [0.2, 0.25) is 0 Å². The second kappa shape index (κ2) is 8.18. The highest BCUT2D eigenvalue weighted by atomic mass is 79.9. The minimum absolute atomic E-state index is 0. The monoisotopic (exact) mass is 382 g/mol. The number of hydrogen-bond donors (Lipinski definition) is 1. The molecule has 0 saturated heterocycles. The molecule has 0 atom stereocenters. The van der Waals surface area contributed by atoms with E-state index in [0.29, 0.717) is 6.61 Å². The molecule has 8 nitrogen and oxygen atoms in total. The van der Waals surface area contributed by atoms with E-state index >= 15 is 0 Å². The third kappa shape index (κ3) is 4.46. The van der Waals surface area contributed by atoms with Crippen LogP contribution < -0.4 is 10.4 Å². The highest BCUT2D eigenvalue weighted by Crippen LogP contribution is 2.28. The summed E-state index contributed by atoms with van der Waals surface area (Å²) in [6.07, 6.45) is 3.00. The number of hydrogen-bond acceptors (Lipinski definition) is 6. The van der Waals surface area contributed by atoms with Crippen LogP contribution in [0, 0.1) is 15.5 Å². The van der Waals surface area contributed by atoms with Crippen molar-refractivity contribution in [2.24, 2.45) is 0 Å². The number of carbonyl (C=O) groups is 1. The number of nitro groups is 1. The Hall–Kier alpha value is -2.55. The van der Waals surface area contributed by atoms with Gasteiger partial charge in [-0.25, -0.2) is 4.98 Å². The molecule has 0 fully saturated rings. The molecule has 0 amide bonds. The van der Waals surface area contributed by atoms with E-state index in [1.165, 1.54) is 29.0 Å². The van der Waals surface area contributed by atoms with Gasteiger partial charge in [-0.3, -0.25) is 20.3 Å². The zero-order valence-corrected chi connectivity index (χ0v) is 14.0. The Balaban J connectivity index is 0.00000264. The van der Waals surface area contributed by atoms with E-state index < -0.39 is 4.92 Å². The summed E-state index contributed by atoms with van der Waals surface area (Å²) in [5.41, 5.74) is -0.128. The van der Waals surface area contributed by atoms with Crippen molar-refractivity contribution in [3.63, 3.8) is 0 Å². The molecule has 0 aliphatic heterocycles. The first-order valence-corrected chi connectivity index (χ1v) is 6.53. The van der Waals surface area contributed by atoms with Crippen molar-refractivity contribution in [2.75, 3.05) is 6.61 Å². The molecule has 0 bridgehead atoms. The molecule has 2 rings (SSSR count). The van der Waals surface area contributed by atoms with Crippen LogP contribution in [0.15, 0.2) is 36.7 Å². The second-order valence-electron chi connectivity index (χ2n) is 4.37. The van der Waals surface area contributed by atoms with Crippen LogP contribution in [0.4, 0.5) is 5.69 Å². The first-order chi connectivity index (χ1) is 10.5. The van der Waals surface area contributed by atoms with Crippen LogP contribution in [-0.4, -0.2) is 26.9 Å². The third-order valence-electron chi connectivity index (χ3n) is 2.91. The Morgan fingerprint density at radius 1 is 1.48 bits per heavy atom. The normalized spacial score (nSPS) is 9.78. The molecule has 0 radical (unpaired) electrons. The highest BCUT2D eigenvalue weighted by Gasteiger charge is 2.18. The van der Waals surface area contributed by atoms with E-state index in [2.05, 4.69) is 4.98 Å². The lowest BCUT2D eigenvalue weighted by Gasteiger charge is -2.07. The van der Waals surface area contributed by atoms with E-state index in [0.717, 1.165) is 0 Å². The highest BCUT2D eigenvalue weighted by molar-refractivity contribution is 8.93. The average molecular weight is 383 g/mol. The van der Waals surface area contributed by atoms with Gasteiger partial charge in [-0.1, -0.05) is 0 Å². The Kier molecular flexibility index (Phi) is 6.58. The van der Waals surface area contributed by atoms with Crippen LogP contribution in [0.5, 0.6) is 5.75 Å². The molecule has 2 aromatic rings. The zero-order valence-electron chi connectivity index (χ0n) is 12.3. The molecule has 0 spiro atoms. The Morgan fingerprint density at radius 2 is 2.22 bits per heavy atom. The number of nitrogens with one attached hydrogen (secondary N) is 1. The summed E-state index contributed by atoms with van der Waals surface area (Å²) in [6.45, 7) is 1.90. The molecular formula is C14H15BrN4O4. The number of benzene rings is 1. The van der Waals surface area contributed by atoms with E-state index in [4.69, 9.17) is 10.1 Å². The van der Waals surface area contributed by atoms with Crippen LogP contribution in [-0.2, 0) is 6.54 Å². The van der Waals surface area contributed by atoms with Crippen molar-refractivity contribution in [3.05, 3.63) is 58.0 Å². The largest absolute Gasteiger partial charge is 0.487 e. The number of rotatable bonds is 6. The lowest BCUT2D eigenvalue weighted by Crippen LogP contribution is -2.25. The van der Waals surface area contributed by atoms with Crippen molar-refractivity contribution in [1.29, 1.82) is 5.41 Å². The topological polar surface area (TPSA) is 111 Å². The summed E-state index contributed by atoms with van der Waals surface area (Å²) in [7, 11) is 0. The molecule has 9 heteroatoms. The predicted molar refractivity (Wildman–Crippen MR) is 87.0 cm³/mol. The number of aromatic nitrogens is 2. The molecule has 0 aliphatic carbocycles. The predicted octanol–water partition coefficient (Wildman–Crippen LogP) is 2.13. The van der Waals surface area contributed by atoms with Gasteiger partial charge in [0.2, 0.25) is 5.62 Å². The standard InChI is InChI=1S/C14H14N4O4.BrH/c1-2-22-13-5-4-10(8-11(13)18(20)21)12(19)9-17-7-3-6-16-14(17)15;/h3-8,15H,2,9H2,1H3;1H. The smallest absolute Gasteiger partial charge is 0.311 e. The van der Waals surface area contributed by atoms with Crippen molar-refractivity contribution < 1.29 is 14.5 Å². The summed E-state index contributed by atoms with van der Waals surface area (Å²) >= 11 is 0. The fourth-order valence-electron chi connectivity index (χ4n) is 1.89. The SMILES string of the molecule is Br.CCOc1ccc(C(=O)Cn2cccnc2=N)cc1[N+](=O)[O-]. The summed E-state index contributed by atoms with van der Waals surface area (Å²) in [5, 5.41) is 18.7. The molecular weight excluding hydrogens is 368 g/mol. The van der Waals surface area contributed by atoms with E-state index in [9.17, 15) is 14.9 Å². The average Bonchev–Trinajstić information content (AvgIpc) is 2.50. The molecule has 1 N–H and O–H groups in total. The van der Waals surface area contributed by atoms with Crippen molar-refractivity contribution in [3.8, 4) is 5.75 Å². The van der Waals surface area contributed by atoms with Gasteiger partial charge < -0.3 is 9.30 Å². The molecule has 1 aromatic carbocycles. The molecule has 0 aliphatic rings. The van der Waals surface area contributed by atoms with Crippen LogP contribution >= 0.6 is 17.0 Å². The Morgan fingerprint density at radius 3 is 2.83 bits per heavy atom. The number of carbonyl (C=O) groups excluding carboxylic acids is 1. The van der Waals surface area contributed by atoms with Gasteiger partial charge in [-0.15, -0.1) is 17.0 Å². The maximum Gasteiger partial charge on any atom is 0.311 e. The van der Waals surface area contributed by atoms with E-state index in [1.54, 1.807) is 19.2 Å². The van der Waals surface area contributed by atoms with Crippen LogP contribution in [0.25, 0.3) is 0 Å². The number of Topliss-reactive ketones (excluding diaryl/α,β-unsaturated/α-hetero) is 1. The second-order valence-corrected chi connectivity index (χ2v) is 4.37. The molecule has 1 aromatic heterocycles. The minimum Gasteiger partial charge on any atom is -0.487 e. The number of ether oxygens (including phenoxy) is 1. The molecule has 23 heavy (non-hydrogen) atoms. The summed E-state index contributed by atoms with van der Waals surface area (Å²) in [6, 6.07) is 5.67. The van der Waals surface area contributed by atoms with Gasteiger partial charge in [0.05, 0.1) is 18.1 Å². The fourth-order valence-corrected chi connectivity index (χ4v) is 1.89. The van der Waals surface area contributed by atoms with Crippen molar-refractivity contribution >= 4 is 28.5 Å².